The minimum absolute atomic E-state index is 0.108. The van der Waals surface area contributed by atoms with Gasteiger partial charge in [0.25, 0.3) is 0 Å². The molecule has 5 nitrogen and oxygen atoms in total. The molecule has 4 rings (SSSR count). The predicted molar refractivity (Wildman–Crippen MR) is 97.1 cm³/mol. The Labute approximate surface area is 152 Å². The normalized spacial score (nSPS) is 21.2. The zero-order chi connectivity index (χ0) is 18.1. The average molecular weight is 347 g/mol. The number of pyridine rings is 1. The van der Waals surface area contributed by atoms with E-state index in [0.717, 1.165) is 43.1 Å². The Morgan fingerprint density at radius 1 is 1.12 bits per heavy atom. The van der Waals surface area contributed by atoms with Gasteiger partial charge in [0.05, 0.1) is 17.3 Å². The summed E-state index contributed by atoms with van der Waals surface area (Å²) in [4.78, 5) is 31.7. The molecular formula is C21H21N3O2. The van der Waals surface area contributed by atoms with Crippen LogP contribution in [0.15, 0.2) is 36.4 Å². The van der Waals surface area contributed by atoms with E-state index in [1.165, 1.54) is 0 Å². The van der Waals surface area contributed by atoms with Crippen LogP contribution in [0.4, 0.5) is 0 Å². The van der Waals surface area contributed by atoms with Crippen LogP contribution < -0.4 is 0 Å². The number of carbonyl (C=O) groups is 2. The molecule has 1 saturated heterocycles. The first-order valence-electron chi connectivity index (χ1n) is 9.25. The Balaban J connectivity index is 1.54. The number of piperidine rings is 1. The van der Waals surface area contributed by atoms with E-state index < -0.39 is 5.92 Å². The molecule has 2 atom stereocenters. The molecule has 0 N–H and O–H groups in total. The van der Waals surface area contributed by atoms with Crippen molar-refractivity contribution in [2.75, 3.05) is 13.1 Å². The molecule has 0 radical (unpaired) electrons. The third-order valence-corrected chi connectivity index (χ3v) is 5.39. The first-order chi connectivity index (χ1) is 12.7. The molecule has 0 spiro atoms. The van der Waals surface area contributed by atoms with Crippen LogP contribution in [0, 0.1) is 23.2 Å². The summed E-state index contributed by atoms with van der Waals surface area (Å²) in [5, 5.41) is 10.6. The van der Waals surface area contributed by atoms with Gasteiger partial charge < -0.3 is 4.90 Å². The number of para-hydroxylation sites is 1. The number of Topliss-reactive ketones (excluding diaryl/α,β-unsaturated/α-hetero) is 1. The van der Waals surface area contributed by atoms with Crippen molar-refractivity contribution in [3.05, 3.63) is 42.1 Å². The Bertz CT molecular complexity index is 898. The van der Waals surface area contributed by atoms with Crippen LogP contribution in [0.5, 0.6) is 0 Å². The topological polar surface area (TPSA) is 74.1 Å². The Morgan fingerprint density at radius 3 is 2.69 bits per heavy atom. The van der Waals surface area contributed by atoms with Crippen LogP contribution in [-0.4, -0.2) is 34.7 Å². The van der Waals surface area contributed by atoms with E-state index in [-0.39, 0.29) is 23.5 Å². The molecule has 1 aromatic carbocycles. The molecular weight excluding hydrogens is 326 g/mol. The summed E-state index contributed by atoms with van der Waals surface area (Å²) in [6, 6.07) is 13.5. The fourth-order valence-corrected chi connectivity index (χ4v) is 3.75. The smallest absolute Gasteiger partial charge is 0.225 e. The van der Waals surface area contributed by atoms with Crippen molar-refractivity contribution in [3.63, 3.8) is 0 Å². The lowest BCUT2D eigenvalue weighted by Gasteiger charge is -2.32. The quantitative estimate of drug-likeness (QED) is 0.852. The second-order valence-electron chi connectivity index (χ2n) is 7.29. The predicted octanol–water partition coefficient (Wildman–Crippen LogP) is 3.06. The molecule has 5 heteroatoms. The maximum absolute atomic E-state index is 13.0. The molecule has 1 amide bonds. The Morgan fingerprint density at radius 2 is 1.92 bits per heavy atom. The Hall–Kier alpha value is -2.74. The molecule has 2 unspecified atom stereocenters. The van der Waals surface area contributed by atoms with E-state index in [0.29, 0.717) is 12.2 Å². The van der Waals surface area contributed by atoms with Crippen LogP contribution >= 0.6 is 0 Å². The second-order valence-corrected chi connectivity index (χ2v) is 7.29. The van der Waals surface area contributed by atoms with Gasteiger partial charge in [-0.15, -0.1) is 0 Å². The van der Waals surface area contributed by atoms with Gasteiger partial charge in [-0.1, -0.05) is 24.3 Å². The van der Waals surface area contributed by atoms with Gasteiger partial charge in [0.15, 0.2) is 5.78 Å². The van der Waals surface area contributed by atoms with Gasteiger partial charge in [-0.3, -0.25) is 14.6 Å². The van der Waals surface area contributed by atoms with Gasteiger partial charge in [0.2, 0.25) is 5.91 Å². The summed E-state index contributed by atoms with van der Waals surface area (Å²) in [5.74, 6) is -0.911. The van der Waals surface area contributed by atoms with E-state index in [2.05, 4.69) is 11.1 Å². The van der Waals surface area contributed by atoms with E-state index in [1.807, 2.05) is 35.2 Å². The molecule has 1 aliphatic heterocycles. The van der Waals surface area contributed by atoms with Crippen LogP contribution in [0.1, 0.15) is 37.3 Å². The van der Waals surface area contributed by atoms with E-state index in [9.17, 15) is 14.9 Å². The molecule has 0 bridgehead atoms. The van der Waals surface area contributed by atoms with Crippen LogP contribution in [0.3, 0.4) is 0 Å². The summed E-state index contributed by atoms with van der Waals surface area (Å²) >= 11 is 0. The van der Waals surface area contributed by atoms with Crippen molar-refractivity contribution in [3.8, 4) is 6.07 Å². The number of rotatable bonds is 4. The highest BCUT2D eigenvalue weighted by atomic mass is 16.2. The SMILES string of the molecule is N#CC(C(=O)C1CCCN(C(=O)C2CC2)C1)c1ccc2ccccc2n1. The summed E-state index contributed by atoms with van der Waals surface area (Å²) in [7, 11) is 0. The molecule has 1 aromatic heterocycles. The fourth-order valence-electron chi connectivity index (χ4n) is 3.75. The first kappa shape index (κ1) is 16.7. The minimum Gasteiger partial charge on any atom is -0.342 e. The number of aromatic nitrogens is 1. The lowest BCUT2D eigenvalue weighted by Crippen LogP contribution is -2.44. The van der Waals surface area contributed by atoms with E-state index >= 15 is 0 Å². The maximum Gasteiger partial charge on any atom is 0.225 e. The van der Waals surface area contributed by atoms with Crippen molar-refractivity contribution in [1.82, 2.24) is 9.88 Å². The highest BCUT2D eigenvalue weighted by molar-refractivity contribution is 5.91. The number of benzene rings is 1. The number of fused-ring (bicyclic) bond motifs is 1. The van der Waals surface area contributed by atoms with Gasteiger partial charge in [0, 0.05) is 30.3 Å². The number of ketones is 1. The first-order valence-corrected chi connectivity index (χ1v) is 9.25. The Kier molecular flexibility index (Phi) is 4.42. The number of likely N-dealkylation sites (tertiary alicyclic amines) is 1. The maximum atomic E-state index is 13.0. The van der Waals surface area contributed by atoms with E-state index in [4.69, 9.17) is 0 Å². The van der Waals surface area contributed by atoms with Gasteiger partial charge in [-0.2, -0.15) is 5.26 Å². The number of hydrogen-bond acceptors (Lipinski definition) is 4. The highest BCUT2D eigenvalue weighted by Gasteiger charge is 2.38. The third kappa shape index (κ3) is 3.20. The lowest BCUT2D eigenvalue weighted by molar-refractivity contribution is -0.136. The standard InChI is InChI=1S/C21H21N3O2/c22-12-17(19-10-9-14-4-1-2-6-18(14)23-19)20(25)16-5-3-11-24(13-16)21(26)15-7-8-15/h1-2,4,6,9-10,15-17H,3,5,7-8,11,13H2. The lowest BCUT2D eigenvalue weighted by atomic mass is 9.85. The second kappa shape index (κ2) is 6.87. The monoisotopic (exact) mass is 347 g/mol. The molecule has 132 valence electrons. The van der Waals surface area contributed by atoms with Gasteiger partial charge >= 0.3 is 0 Å². The van der Waals surface area contributed by atoms with Crippen molar-refractivity contribution in [2.45, 2.75) is 31.6 Å². The molecule has 2 aromatic rings. The van der Waals surface area contributed by atoms with Crippen molar-refractivity contribution < 1.29 is 9.59 Å². The summed E-state index contributed by atoms with van der Waals surface area (Å²) in [6.45, 7) is 1.17. The minimum atomic E-state index is -0.874. The molecule has 2 fully saturated rings. The van der Waals surface area contributed by atoms with Crippen molar-refractivity contribution >= 4 is 22.6 Å². The molecule has 2 aliphatic rings. The number of nitriles is 1. The number of amides is 1. The summed E-state index contributed by atoms with van der Waals surface area (Å²) in [6.07, 6.45) is 3.49. The zero-order valence-electron chi connectivity index (χ0n) is 14.6. The third-order valence-electron chi connectivity index (χ3n) is 5.39. The number of carbonyl (C=O) groups excluding carboxylic acids is 2. The van der Waals surface area contributed by atoms with Crippen LogP contribution in [-0.2, 0) is 9.59 Å². The number of hydrogen-bond donors (Lipinski definition) is 0. The largest absolute Gasteiger partial charge is 0.342 e. The molecule has 1 saturated carbocycles. The van der Waals surface area contributed by atoms with Crippen LogP contribution in [0.2, 0.25) is 0 Å². The molecule has 1 aliphatic carbocycles. The van der Waals surface area contributed by atoms with Gasteiger partial charge in [-0.25, -0.2) is 0 Å². The highest BCUT2D eigenvalue weighted by Crippen LogP contribution is 2.33. The van der Waals surface area contributed by atoms with Gasteiger partial charge in [0.1, 0.15) is 5.92 Å². The summed E-state index contributed by atoms with van der Waals surface area (Å²) in [5.41, 5.74) is 1.29. The van der Waals surface area contributed by atoms with E-state index in [1.54, 1.807) is 6.07 Å². The zero-order valence-corrected chi connectivity index (χ0v) is 14.6. The number of nitrogens with zero attached hydrogens (tertiary/aromatic N) is 3. The van der Waals surface area contributed by atoms with Gasteiger partial charge in [-0.05, 0) is 37.8 Å². The van der Waals surface area contributed by atoms with Crippen molar-refractivity contribution in [2.24, 2.45) is 11.8 Å². The van der Waals surface area contributed by atoms with Crippen molar-refractivity contribution in [1.29, 1.82) is 5.26 Å². The molecule has 2 heterocycles. The average Bonchev–Trinajstić information content (AvgIpc) is 3.53. The van der Waals surface area contributed by atoms with Crippen LogP contribution in [0.25, 0.3) is 10.9 Å². The molecule has 26 heavy (non-hydrogen) atoms. The summed E-state index contributed by atoms with van der Waals surface area (Å²) < 4.78 is 0. The fraction of sp³-hybridized carbons (Fsp3) is 0.429.